The molecule has 1 aromatic rings. The van der Waals surface area contributed by atoms with Gasteiger partial charge in [-0.25, -0.2) is 0 Å². The Bertz CT molecular complexity index is 382. The van der Waals surface area contributed by atoms with Gasteiger partial charge in [-0.1, -0.05) is 25.9 Å². The maximum atomic E-state index is 11.5. The van der Waals surface area contributed by atoms with Crippen LogP contribution in [-0.2, 0) is 26.8 Å². The van der Waals surface area contributed by atoms with Gasteiger partial charge in [0.05, 0.1) is 0 Å². The molecular weight excluding hydrogens is 362 g/mol. The molecule has 0 unspecified atom stereocenters. The van der Waals surface area contributed by atoms with Crippen molar-refractivity contribution in [2.24, 2.45) is 5.92 Å². The first-order valence-corrected chi connectivity index (χ1v) is 5.19. The van der Waals surface area contributed by atoms with E-state index in [0.29, 0.717) is 0 Å². The van der Waals surface area contributed by atoms with Crippen molar-refractivity contribution in [3.8, 4) is 0 Å². The van der Waals surface area contributed by atoms with Crippen LogP contribution < -0.4 is 10.5 Å². The molecule has 0 bridgehead atoms. The van der Waals surface area contributed by atoms with Gasteiger partial charge in [0.2, 0.25) is 0 Å². The van der Waals surface area contributed by atoms with Crippen molar-refractivity contribution in [2.75, 3.05) is 0 Å². The molecule has 1 saturated carbocycles. The molecule has 15 heavy (non-hydrogen) atoms. The van der Waals surface area contributed by atoms with Gasteiger partial charge in [-0.3, -0.25) is 4.79 Å². The number of hydrogen-bond acceptors (Lipinski definition) is 2. The van der Waals surface area contributed by atoms with Crippen LogP contribution in [0.3, 0.4) is 0 Å². The predicted molar refractivity (Wildman–Crippen MR) is 54.3 cm³/mol. The molecule has 1 heterocycles. The molecule has 4 heteroatoms. The third-order valence-corrected chi connectivity index (χ3v) is 2.62. The van der Waals surface area contributed by atoms with Gasteiger partial charge < -0.3 is 9.97 Å². The molecular formula is C11H15N2ORe-. The Labute approximate surface area is 103 Å². The summed E-state index contributed by atoms with van der Waals surface area (Å²) in [6.07, 6.45) is 5.11. The molecule has 1 aliphatic rings. The van der Waals surface area contributed by atoms with E-state index in [2.05, 4.69) is 9.97 Å². The fourth-order valence-corrected chi connectivity index (χ4v) is 1.48. The molecule has 83 valence electrons. The summed E-state index contributed by atoms with van der Waals surface area (Å²) in [4.78, 5) is 19.8. The predicted octanol–water partition coefficient (Wildman–Crippen LogP) is 1.47. The maximum absolute atomic E-state index is 11.5. The molecule has 3 nitrogen and oxygen atoms in total. The summed E-state index contributed by atoms with van der Waals surface area (Å²) in [6.45, 7) is 3.97. The van der Waals surface area contributed by atoms with Gasteiger partial charge in [0, 0.05) is 20.4 Å². The number of rotatable bonds is 3. The largest absolute Gasteiger partial charge is 0.446 e. The van der Waals surface area contributed by atoms with Crippen LogP contribution in [0.5, 0.6) is 0 Å². The maximum Gasteiger partial charge on any atom is 0.173 e. The molecule has 0 amide bonds. The quantitative estimate of drug-likeness (QED) is 0.801. The van der Waals surface area contributed by atoms with E-state index in [9.17, 15) is 4.79 Å². The first kappa shape index (κ1) is 12.6. The van der Waals surface area contributed by atoms with Crippen molar-refractivity contribution in [1.29, 1.82) is 0 Å². The molecule has 0 N–H and O–H groups in total. The topological polar surface area (TPSA) is 44.1 Å². The van der Waals surface area contributed by atoms with Crippen LogP contribution in [0.25, 0.3) is 0 Å². The van der Waals surface area contributed by atoms with Gasteiger partial charge >= 0.3 is 0 Å². The second kappa shape index (κ2) is 5.05. The molecule has 1 fully saturated rings. The normalized spacial score (nSPS) is 15.1. The average molecular weight is 377 g/mol. The average Bonchev–Trinajstić information content (AvgIpc) is 2.87. The van der Waals surface area contributed by atoms with Gasteiger partial charge in [0.25, 0.3) is 0 Å². The fourth-order valence-electron chi connectivity index (χ4n) is 1.48. The van der Waals surface area contributed by atoms with E-state index in [-0.39, 0.29) is 31.9 Å². The second-order valence-electron chi connectivity index (χ2n) is 4.35. The molecule has 1 aromatic heterocycles. The molecule has 0 saturated heterocycles. The summed E-state index contributed by atoms with van der Waals surface area (Å²) in [7, 11) is 0. The molecule has 0 atom stereocenters. The van der Waals surface area contributed by atoms with Crippen LogP contribution in [0.2, 0.25) is 0 Å². The summed E-state index contributed by atoms with van der Waals surface area (Å²) in [5.41, 5.74) is 0.634. The van der Waals surface area contributed by atoms with Crippen molar-refractivity contribution in [3.63, 3.8) is 0 Å². The van der Waals surface area contributed by atoms with Crippen LogP contribution in [0.4, 0.5) is 0 Å². The van der Waals surface area contributed by atoms with E-state index < -0.39 is 0 Å². The first-order chi connectivity index (χ1) is 6.66. The summed E-state index contributed by atoms with van der Waals surface area (Å²) >= 11 is 0. The van der Waals surface area contributed by atoms with Crippen LogP contribution in [0.15, 0.2) is 11.0 Å². The Morgan fingerprint density at radius 1 is 1.53 bits per heavy atom. The third kappa shape index (κ3) is 3.26. The van der Waals surface area contributed by atoms with Crippen LogP contribution in [0.1, 0.15) is 44.0 Å². The van der Waals surface area contributed by atoms with Crippen molar-refractivity contribution in [1.82, 2.24) is 9.97 Å². The summed E-state index contributed by atoms with van der Waals surface area (Å²) in [6, 6.07) is 0. The number of hydrogen-bond donors (Lipinski definition) is 0. The van der Waals surface area contributed by atoms with Crippen LogP contribution >= 0.6 is 0 Å². The van der Waals surface area contributed by atoms with Gasteiger partial charge in [-0.15, -0.1) is 0 Å². The Morgan fingerprint density at radius 2 is 2.20 bits per heavy atom. The van der Waals surface area contributed by atoms with E-state index in [1.54, 1.807) is 6.20 Å². The van der Waals surface area contributed by atoms with E-state index >= 15 is 0 Å². The minimum Gasteiger partial charge on any atom is -0.446 e. The number of aromatic nitrogens is 2. The second-order valence-corrected chi connectivity index (χ2v) is 4.35. The molecule has 0 spiro atoms. The van der Waals surface area contributed by atoms with Crippen LogP contribution in [-0.4, -0.2) is 4.98 Å². The zero-order valence-electron chi connectivity index (χ0n) is 9.03. The Hall–Kier alpha value is -0.458. The summed E-state index contributed by atoms with van der Waals surface area (Å²) in [5, 5.41) is 0. The molecule has 0 aliphatic heterocycles. The third-order valence-electron chi connectivity index (χ3n) is 2.62. The smallest absolute Gasteiger partial charge is 0.173 e. The molecule has 0 aromatic carbocycles. The van der Waals surface area contributed by atoms with Gasteiger partial charge in [-0.2, -0.15) is 0 Å². The fraction of sp³-hybridized carbons (Fsp3) is 0.636. The summed E-state index contributed by atoms with van der Waals surface area (Å²) in [5.74, 6) is 1.68. The van der Waals surface area contributed by atoms with Crippen molar-refractivity contribution < 1.29 is 20.4 Å². The molecule has 1 radical (unpaired) electrons. The molecule has 2 rings (SSSR count). The van der Waals surface area contributed by atoms with Gasteiger partial charge in [0.15, 0.2) is 5.56 Å². The van der Waals surface area contributed by atoms with Crippen LogP contribution in [0, 0.1) is 5.92 Å². The van der Waals surface area contributed by atoms with E-state index in [1.807, 2.05) is 13.8 Å². The standard InChI is InChI=1S/C11H16N2O.Re/c1-7(2)9-6-12-10(13-11(9)14)5-8-3-4-8;/h6-8H,3-5H2,1-2H3,(H,12,13,14);/p-1. The minimum atomic E-state index is -0.0920. The van der Waals surface area contributed by atoms with E-state index in [4.69, 9.17) is 0 Å². The van der Waals surface area contributed by atoms with Gasteiger partial charge in [-0.05, 0) is 36.7 Å². The van der Waals surface area contributed by atoms with Crippen molar-refractivity contribution in [2.45, 2.75) is 39.0 Å². The Morgan fingerprint density at radius 3 is 2.67 bits per heavy atom. The van der Waals surface area contributed by atoms with Gasteiger partial charge in [0.1, 0.15) is 0 Å². The van der Waals surface area contributed by atoms with Crippen molar-refractivity contribution in [3.05, 3.63) is 27.9 Å². The van der Waals surface area contributed by atoms with E-state index in [0.717, 1.165) is 23.7 Å². The number of nitrogens with zero attached hydrogens (tertiary/aromatic N) is 2. The SMILES string of the molecule is CC(C)c1cnc(CC2CC2)[n-]c1=O.[Re]. The minimum absolute atomic E-state index is 0. The monoisotopic (exact) mass is 378 g/mol. The zero-order chi connectivity index (χ0) is 10.1. The molecule has 1 aliphatic carbocycles. The zero-order valence-corrected chi connectivity index (χ0v) is 11.7. The summed E-state index contributed by atoms with van der Waals surface area (Å²) < 4.78 is 0. The first-order valence-electron chi connectivity index (χ1n) is 5.19. The Balaban J connectivity index is 0.00000112. The Kier molecular flexibility index (Phi) is 4.24. The van der Waals surface area contributed by atoms with E-state index in [1.165, 1.54) is 12.8 Å². The van der Waals surface area contributed by atoms with Crippen molar-refractivity contribution >= 4 is 0 Å².